The summed E-state index contributed by atoms with van der Waals surface area (Å²) in [5.41, 5.74) is 7.07. The number of nitrogens with two attached hydrogens (primary N) is 1. The van der Waals surface area contributed by atoms with E-state index in [9.17, 15) is 0 Å². The Hall–Kier alpha value is -1.42. The number of thioether (sulfide) groups is 1. The summed E-state index contributed by atoms with van der Waals surface area (Å²) < 4.78 is 5.78. The van der Waals surface area contributed by atoms with Crippen LogP contribution in [-0.2, 0) is 0 Å². The van der Waals surface area contributed by atoms with Crippen LogP contribution in [0.15, 0.2) is 63.9 Å². The predicted molar refractivity (Wildman–Crippen MR) is 85.3 cm³/mol. The van der Waals surface area contributed by atoms with E-state index in [1.54, 1.807) is 11.8 Å². The highest BCUT2D eigenvalue weighted by Crippen LogP contribution is 2.31. The molecule has 4 heteroatoms. The van der Waals surface area contributed by atoms with Gasteiger partial charge in [0.1, 0.15) is 11.3 Å². The monoisotopic (exact) mass is 303 g/mol. The van der Waals surface area contributed by atoms with Crippen molar-refractivity contribution in [2.45, 2.75) is 10.9 Å². The molecule has 0 amide bonds. The van der Waals surface area contributed by atoms with Crippen molar-refractivity contribution < 1.29 is 4.42 Å². The lowest BCUT2D eigenvalue weighted by molar-refractivity contribution is 0.516. The zero-order valence-electron chi connectivity index (χ0n) is 10.8. The molecule has 0 spiro atoms. The second-order valence-corrected chi connectivity index (χ2v) is 6.00. The van der Waals surface area contributed by atoms with Gasteiger partial charge in [-0.2, -0.15) is 0 Å². The second-order valence-electron chi connectivity index (χ2n) is 4.53. The molecule has 1 atom stereocenters. The number of hydrogen-bond donors (Lipinski definition) is 1. The summed E-state index contributed by atoms with van der Waals surface area (Å²) in [5, 5.41) is 1.84. The van der Waals surface area contributed by atoms with E-state index in [1.807, 2.05) is 54.6 Å². The number of para-hydroxylation sites is 1. The molecular weight excluding hydrogens is 290 g/mol. The van der Waals surface area contributed by atoms with Gasteiger partial charge in [-0.3, -0.25) is 0 Å². The summed E-state index contributed by atoms with van der Waals surface area (Å²) in [7, 11) is 0. The van der Waals surface area contributed by atoms with Crippen molar-refractivity contribution in [3.05, 3.63) is 65.4 Å². The van der Waals surface area contributed by atoms with E-state index in [0.717, 1.165) is 32.4 Å². The summed E-state index contributed by atoms with van der Waals surface area (Å²) in [4.78, 5) is 1.04. The molecule has 0 aliphatic rings. The number of furan rings is 1. The summed E-state index contributed by atoms with van der Waals surface area (Å²) in [6.45, 7) is 0. The molecule has 1 unspecified atom stereocenters. The number of fused-ring (bicyclic) bond motifs is 1. The maximum atomic E-state index is 6.20. The first-order chi connectivity index (χ1) is 9.74. The smallest absolute Gasteiger partial charge is 0.134 e. The first-order valence-electron chi connectivity index (χ1n) is 6.35. The van der Waals surface area contributed by atoms with E-state index in [-0.39, 0.29) is 6.04 Å². The van der Waals surface area contributed by atoms with Crippen LogP contribution in [0.1, 0.15) is 11.8 Å². The average molecular weight is 304 g/mol. The molecule has 0 saturated carbocycles. The minimum Gasteiger partial charge on any atom is -0.459 e. The van der Waals surface area contributed by atoms with Crippen LogP contribution in [-0.4, -0.2) is 5.75 Å². The van der Waals surface area contributed by atoms with E-state index >= 15 is 0 Å². The van der Waals surface area contributed by atoms with Gasteiger partial charge in [-0.05, 0) is 24.3 Å². The van der Waals surface area contributed by atoms with Crippen LogP contribution < -0.4 is 5.73 Å². The minimum absolute atomic E-state index is 0.149. The maximum Gasteiger partial charge on any atom is 0.134 e. The van der Waals surface area contributed by atoms with Gasteiger partial charge < -0.3 is 10.2 Å². The molecule has 3 rings (SSSR count). The Morgan fingerprint density at radius 1 is 1.10 bits per heavy atom. The fourth-order valence-electron chi connectivity index (χ4n) is 2.01. The standard InChI is InChI=1S/C16H14ClNOS/c17-12-6-2-4-8-16(12)20-10-13(18)15-9-11-5-1-3-7-14(11)19-15/h1-9,13H,10,18H2. The van der Waals surface area contributed by atoms with Crippen molar-refractivity contribution in [1.29, 1.82) is 0 Å². The van der Waals surface area contributed by atoms with Crippen molar-refractivity contribution in [1.82, 2.24) is 0 Å². The van der Waals surface area contributed by atoms with E-state index < -0.39 is 0 Å². The van der Waals surface area contributed by atoms with Crippen LogP contribution in [0.4, 0.5) is 0 Å². The van der Waals surface area contributed by atoms with E-state index in [2.05, 4.69) is 0 Å². The van der Waals surface area contributed by atoms with Crippen LogP contribution in [0, 0.1) is 0 Å². The topological polar surface area (TPSA) is 39.2 Å². The van der Waals surface area contributed by atoms with Gasteiger partial charge in [0.05, 0.1) is 11.1 Å². The van der Waals surface area contributed by atoms with E-state index in [1.165, 1.54) is 0 Å². The Morgan fingerprint density at radius 3 is 2.65 bits per heavy atom. The molecule has 0 fully saturated rings. The van der Waals surface area contributed by atoms with Crippen LogP contribution in [0.5, 0.6) is 0 Å². The van der Waals surface area contributed by atoms with Gasteiger partial charge >= 0.3 is 0 Å². The number of benzene rings is 2. The van der Waals surface area contributed by atoms with Gasteiger partial charge in [0, 0.05) is 16.0 Å². The van der Waals surface area contributed by atoms with Gasteiger partial charge in [0.2, 0.25) is 0 Å². The Kier molecular flexibility index (Phi) is 4.01. The summed E-state index contributed by atoms with van der Waals surface area (Å²) in [6, 6.07) is 17.6. The third kappa shape index (κ3) is 2.85. The van der Waals surface area contributed by atoms with Gasteiger partial charge in [0.25, 0.3) is 0 Å². The molecule has 0 radical (unpaired) electrons. The van der Waals surface area contributed by atoms with Crippen LogP contribution >= 0.6 is 23.4 Å². The Labute approximate surface area is 126 Å². The SMILES string of the molecule is NC(CSc1ccccc1Cl)c1cc2ccccc2o1. The van der Waals surface area contributed by atoms with Crippen molar-refractivity contribution in [2.75, 3.05) is 5.75 Å². The van der Waals surface area contributed by atoms with Crippen molar-refractivity contribution in [3.8, 4) is 0 Å². The fourth-order valence-corrected chi connectivity index (χ4v) is 3.21. The number of rotatable bonds is 4. The lowest BCUT2D eigenvalue weighted by Crippen LogP contribution is -2.11. The molecule has 20 heavy (non-hydrogen) atoms. The first kappa shape index (κ1) is 13.6. The molecule has 0 saturated heterocycles. The third-order valence-electron chi connectivity index (χ3n) is 3.07. The lowest BCUT2D eigenvalue weighted by atomic mass is 10.2. The molecular formula is C16H14ClNOS. The average Bonchev–Trinajstić information content (AvgIpc) is 2.90. The van der Waals surface area contributed by atoms with Gasteiger partial charge in [0.15, 0.2) is 0 Å². The molecule has 102 valence electrons. The molecule has 2 aromatic carbocycles. The largest absolute Gasteiger partial charge is 0.459 e. The van der Waals surface area contributed by atoms with Crippen LogP contribution in [0.2, 0.25) is 5.02 Å². The normalized spacial score (nSPS) is 12.7. The quantitative estimate of drug-likeness (QED) is 0.698. The zero-order chi connectivity index (χ0) is 13.9. The molecule has 2 N–H and O–H groups in total. The Morgan fingerprint density at radius 2 is 1.85 bits per heavy atom. The lowest BCUT2D eigenvalue weighted by Gasteiger charge is -2.09. The number of hydrogen-bond acceptors (Lipinski definition) is 3. The molecule has 0 aliphatic carbocycles. The van der Waals surface area contributed by atoms with E-state index in [4.69, 9.17) is 21.8 Å². The zero-order valence-corrected chi connectivity index (χ0v) is 12.3. The summed E-state index contributed by atoms with van der Waals surface area (Å²) >= 11 is 7.78. The maximum absolute atomic E-state index is 6.20. The first-order valence-corrected chi connectivity index (χ1v) is 7.72. The van der Waals surface area contributed by atoms with Gasteiger partial charge in [-0.1, -0.05) is 41.9 Å². The fraction of sp³-hybridized carbons (Fsp3) is 0.125. The molecule has 0 aliphatic heterocycles. The summed E-state index contributed by atoms with van der Waals surface area (Å²) in [6.07, 6.45) is 0. The minimum atomic E-state index is -0.149. The molecule has 1 aromatic heterocycles. The van der Waals surface area contributed by atoms with Crippen molar-refractivity contribution in [3.63, 3.8) is 0 Å². The second kappa shape index (κ2) is 5.92. The molecule has 0 bridgehead atoms. The highest BCUT2D eigenvalue weighted by molar-refractivity contribution is 7.99. The number of halogens is 1. The molecule has 2 nitrogen and oxygen atoms in total. The predicted octanol–water partition coefficient (Wildman–Crippen LogP) is 4.88. The molecule has 1 heterocycles. The van der Waals surface area contributed by atoms with Crippen LogP contribution in [0.3, 0.4) is 0 Å². The van der Waals surface area contributed by atoms with Crippen molar-refractivity contribution >= 4 is 34.3 Å². The Balaban J connectivity index is 1.73. The summed E-state index contributed by atoms with van der Waals surface area (Å²) in [5.74, 6) is 1.54. The van der Waals surface area contributed by atoms with E-state index in [0.29, 0.717) is 0 Å². The third-order valence-corrected chi connectivity index (χ3v) is 4.70. The van der Waals surface area contributed by atoms with Crippen LogP contribution in [0.25, 0.3) is 11.0 Å². The Bertz CT molecular complexity index is 692. The highest BCUT2D eigenvalue weighted by Gasteiger charge is 2.13. The van der Waals surface area contributed by atoms with Crippen molar-refractivity contribution in [2.24, 2.45) is 5.73 Å². The van der Waals surface area contributed by atoms with Gasteiger partial charge in [-0.25, -0.2) is 0 Å². The molecule has 3 aromatic rings. The van der Waals surface area contributed by atoms with Gasteiger partial charge in [-0.15, -0.1) is 11.8 Å². The highest BCUT2D eigenvalue weighted by atomic mass is 35.5.